The van der Waals surface area contributed by atoms with Crippen molar-refractivity contribution in [3.8, 4) is 5.75 Å². The van der Waals surface area contributed by atoms with Gasteiger partial charge in [0.1, 0.15) is 6.61 Å². The molecule has 0 bridgehead atoms. The zero-order chi connectivity index (χ0) is 10.0. The van der Waals surface area contributed by atoms with Crippen molar-refractivity contribution in [3.05, 3.63) is 30.1 Å². The van der Waals surface area contributed by atoms with Gasteiger partial charge in [-0.3, -0.25) is 0 Å². The predicted octanol–water partition coefficient (Wildman–Crippen LogP) is 1.74. The van der Waals surface area contributed by atoms with Crippen LogP contribution in [0.1, 0.15) is 0 Å². The Labute approximate surface area is 80.4 Å². The van der Waals surface area contributed by atoms with Crippen molar-refractivity contribution < 1.29 is 18.3 Å². The molecular weight excluding hydrogens is 190 g/mol. The second-order valence-corrected chi connectivity index (χ2v) is 3.29. The van der Waals surface area contributed by atoms with Crippen LogP contribution in [-0.4, -0.2) is 25.5 Å². The fraction of sp³-hybridized carbons (Fsp3) is 0.400. The molecule has 0 saturated carbocycles. The topological polar surface area (TPSA) is 18.5 Å². The Morgan fingerprint density at radius 3 is 2.93 bits per heavy atom. The highest BCUT2D eigenvalue weighted by Crippen LogP contribution is 2.24. The first-order valence-corrected chi connectivity index (χ1v) is 4.25. The second kappa shape index (κ2) is 3.53. The summed E-state index contributed by atoms with van der Waals surface area (Å²) in [5, 5.41) is 0. The van der Waals surface area contributed by atoms with Gasteiger partial charge in [-0.05, 0) is 18.2 Å². The maximum Gasteiger partial charge on any atom is 0.190 e. The first kappa shape index (κ1) is 9.40. The summed E-state index contributed by atoms with van der Waals surface area (Å²) in [6.45, 7) is -0.130. The Balaban J connectivity index is 1.95. The van der Waals surface area contributed by atoms with Crippen LogP contribution in [0.5, 0.6) is 5.75 Å². The third kappa shape index (κ3) is 1.85. The Morgan fingerprint density at radius 1 is 1.57 bits per heavy atom. The van der Waals surface area contributed by atoms with E-state index in [1.54, 1.807) is 0 Å². The maximum absolute atomic E-state index is 13.3. The van der Waals surface area contributed by atoms with Crippen LogP contribution in [0.3, 0.4) is 0 Å². The summed E-state index contributed by atoms with van der Waals surface area (Å²) in [7, 11) is 0. The minimum absolute atomic E-state index is 0.0214. The van der Waals surface area contributed by atoms with E-state index in [2.05, 4.69) is 6.07 Å². The Hall–Kier alpha value is -1.16. The van der Waals surface area contributed by atoms with Crippen molar-refractivity contribution in [2.24, 2.45) is 0 Å². The number of hydrogen-bond acceptors (Lipinski definition) is 2. The quantitative estimate of drug-likeness (QED) is 0.738. The van der Waals surface area contributed by atoms with Crippen molar-refractivity contribution in [2.75, 3.05) is 19.8 Å². The third-order valence-electron chi connectivity index (χ3n) is 1.98. The highest BCUT2D eigenvalue weighted by molar-refractivity contribution is 5.23. The van der Waals surface area contributed by atoms with Gasteiger partial charge in [0.05, 0.1) is 13.2 Å². The highest BCUT2D eigenvalue weighted by atomic mass is 19.1. The van der Waals surface area contributed by atoms with Crippen molar-refractivity contribution in [2.45, 2.75) is 5.67 Å². The lowest BCUT2D eigenvalue weighted by molar-refractivity contribution is -0.146. The average molecular weight is 199 g/mol. The largest absolute Gasteiger partial charge is 0.487 e. The molecule has 75 valence electrons. The van der Waals surface area contributed by atoms with Crippen LogP contribution >= 0.6 is 0 Å². The molecule has 0 N–H and O–H groups in total. The van der Waals surface area contributed by atoms with E-state index in [4.69, 9.17) is 9.47 Å². The number of ether oxygens (including phenoxy) is 2. The second-order valence-electron chi connectivity index (χ2n) is 3.29. The van der Waals surface area contributed by atoms with Gasteiger partial charge in [-0.15, -0.1) is 0 Å². The Bertz CT molecular complexity index is 324. The molecule has 0 aliphatic carbocycles. The average Bonchev–Trinajstić information content (AvgIpc) is 2.14. The fourth-order valence-corrected chi connectivity index (χ4v) is 1.13. The lowest BCUT2D eigenvalue weighted by Crippen LogP contribution is -2.50. The molecule has 4 heteroatoms. The monoisotopic (exact) mass is 199 g/mol. The summed E-state index contributed by atoms with van der Waals surface area (Å²) in [6, 6.07) is 6.63. The molecule has 1 aromatic rings. The summed E-state index contributed by atoms with van der Waals surface area (Å²) in [5.74, 6) is -0.482. The van der Waals surface area contributed by atoms with Crippen LogP contribution in [0.15, 0.2) is 18.2 Å². The van der Waals surface area contributed by atoms with Gasteiger partial charge in [0.2, 0.25) is 0 Å². The van der Waals surface area contributed by atoms with Gasteiger partial charge in [0.25, 0.3) is 0 Å². The minimum Gasteiger partial charge on any atom is -0.487 e. The van der Waals surface area contributed by atoms with E-state index in [0.29, 0.717) is 0 Å². The maximum atomic E-state index is 13.3. The molecule has 1 fully saturated rings. The van der Waals surface area contributed by atoms with Gasteiger partial charge >= 0.3 is 0 Å². The number of hydrogen-bond donors (Lipinski definition) is 0. The van der Waals surface area contributed by atoms with Crippen molar-refractivity contribution in [3.63, 3.8) is 0 Å². The summed E-state index contributed by atoms with van der Waals surface area (Å²) >= 11 is 0. The normalized spacial score (nSPS) is 18.7. The van der Waals surface area contributed by atoms with E-state index in [1.807, 2.05) is 0 Å². The van der Waals surface area contributed by atoms with Crippen LogP contribution in [0.2, 0.25) is 0 Å². The Kier molecular flexibility index (Phi) is 2.37. The lowest BCUT2D eigenvalue weighted by Gasteiger charge is -2.33. The molecule has 1 saturated heterocycles. The van der Waals surface area contributed by atoms with Crippen molar-refractivity contribution in [1.82, 2.24) is 0 Å². The van der Waals surface area contributed by atoms with Gasteiger partial charge < -0.3 is 9.47 Å². The van der Waals surface area contributed by atoms with E-state index < -0.39 is 11.5 Å². The molecule has 0 atom stereocenters. The first-order valence-electron chi connectivity index (χ1n) is 4.25. The van der Waals surface area contributed by atoms with Gasteiger partial charge in [-0.1, -0.05) is 6.07 Å². The minimum atomic E-state index is -1.45. The molecule has 2 nitrogen and oxygen atoms in total. The van der Waals surface area contributed by atoms with Crippen LogP contribution < -0.4 is 4.74 Å². The van der Waals surface area contributed by atoms with Crippen LogP contribution in [0, 0.1) is 11.9 Å². The fourth-order valence-electron chi connectivity index (χ4n) is 1.13. The molecule has 0 unspecified atom stereocenters. The number of halogens is 2. The highest BCUT2D eigenvalue weighted by Gasteiger charge is 2.39. The molecule has 2 rings (SSSR count). The van der Waals surface area contributed by atoms with E-state index in [-0.39, 0.29) is 25.6 Å². The van der Waals surface area contributed by atoms with Gasteiger partial charge in [-0.2, -0.15) is 0 Å². The van der Waals surface area contributed by atoms with E-state index in [1.165, 1.54) is 12.1 Å². The molecule has 0 spiro atoms. The number of rotatable bonds is 3. The van der Waals surface area contributed by atoms with Crippen LogP contribution in [0.25, 0.3) is 0 Å². The van der Waals surface area contributed by atoms with E-state index >= 15 is 0 Å². The first-order chi connectivity index (χ1) is 6.70. The van der Waals surface area contributed by atoms with E-state index in [0.717, 1.165) is 6.07 Å². The summed E-state index contributed by atoms with van der Waals surface area (Å²) < 4.78 is 36.0. The molecule has 14 heavy (non-hydrogen) atoms. The molecule has 0 aromatic heterocycles. The smallest absolute Gasteiger partial charge is 0.190 e. The molecule has 1 aliphatic rings. The summed E-state index contributed by atoms with van der Waals surface area (Å²) in [5.41, 5.74) is -1.45. The predicted molar refractivity (Wildman–Crippen MR) is 45.4 cm³/mol. The van der Waals surface area contributed by atoms with Crippen LogP contribution in [-0.2, 0) is 4.74 Å². The molecule has 1 aromatic carbocycles. The van der Waals surface area contributed by atoms with Gasteiger partial charge in [0, 0.05) is 0 Å². The van der Waals surface area contributed by atoms with E-state index in [9.17, 15) is 8.78 Å². The lowest BCUT2D eigenvalue weighted by atomic mass is 10.1. The third-order valence-corrected chi connectivity index (χ3v) is 1.98. The standard InChI is InChI=1S/C10H9F2O2/c11-8-3-1-2-4-9(8)14-7-10(12)5-13-6-10/h2-4H,5-7H2. The molecule has 0 amide bonds. The summed E-state index contributed by atoms with van der Waals surface area (Å²) in [4.78, 5) is 0. The molecular formula is C10H9F2O2. The van der Waals surface area contributed by atoms with Gasteiger partial charge in [0.15, 0.2) is 17.2 Å². The zero-order valence-electron chi connectivity index (χ0n) is 7.43. The summed E-state index contributed by atoms with van der Waals surface area (Å²) in [6.07, 6.45) is 0. The molecule has 1 aliphatic heterocycles. The molecule has 1 heterocycles. The van der Waals surface area contributed by atoms with Crippen molar-refractivity contribution in [1.29, 1.82) is 0 Å². The van der Waals surface area contributed by atoms with Crippen molar-refractivity contribution >= 4 is 0 Å². The van der Waals surface area contributed by atoms with Gasteiger partial charge in [-0.25, -0.2) is 8.78 Å². The zero-order valence-corrected chi connectivity index (χ0v) is 7.43. The SMILES string of the molecule is Fc1c[c]ccc1OCC1(F)COC1. The Morgan fingerprint density at radius 2 is 2.36 bits per heavy atom. The van der Waals surface area contributed by atoms with Crippen LogP contribution in [0.4, 0.5) is 8.78 Å². The molecule has 1 radical (unpaired) electrons. The number of alkyl halides is 1. The number of benzene rings is 1.